The first-order chi connectivity index (χ1) is 21.8. The summed E-state index contributed by atoms with van der Waals surface area (Å²) in [6.45, 7) is 5.18. The molecule has 46 heavy (non-hydrogen) atoms. The molecule has 0 radical (unpaired) electrons. The monoisotopic (exact) mass is 646 g/mol. The Hall–Kier alpha value is -4.88. The average Bonchev–Trinajstić information content (AvgIpc) is 3.00. The molecule has 2 amide bonds. The van der Waals surface area contributed by atoms with Gasteiger partial charge in [-0.25, -0.2) is 9.78 Å². The van der Waals surface area contributed by atoms with Crippen LogP contribution >= 0.6 is 0 Å². The van der Waals surface area contributed by atoms with Gasteiger partial charge in [0.05, 0.1) is 17.2 Å². The minimum Gasteiger partial charge on any atom is -0.768 e. The maximum atomic E-state index is 12.7. The first kappa shape index (κ1) is 34.0. The number of fused-ring (bicyclic) bond motifs is 1. The first-order valence-electron chi connectivity index (χ1n) is 14.6. The summed E-state index contributed by atoms with van der Waals surface area (Å²) in [4.78, 5) is 57.0. The molecule has 0 spiro atoms. The highest BCUT2D eigenvalue weighted by atomic mass is 32.2. The van der Waals surface area contributed by atoms with Gasteiger partial charge < -0.3 is 34.6 Å². The number of anilines is 2. The molecule has 2 unspecified atom stereocenters. The maximum Gasteiger partial charge on any atom is 0.410 e. The zero-order valence-corrected chi connectivity index (χ0v) is 26.8. The molecule has 4 aromatic rings. The topological polar surface area (TPSA) is 174 Å². The molecule has 4 rings (SSSR count). The number of carbonyl (C=O) groups is 3. The number of aryl methyl sites for hydroxylation is 1. The van der Waals surface area contributed by atoms with Crippen LogP contribution in [0.25, 0.3) is 10.9 Å². The Labute approximate surface area is 268 Å². The van der Waals surface area contributed by atoms with Crippen molar-refractivity contribution in [1.82, 2.24) is 14.9 Å². The molecule has 0 saturated carbocycles. The number of hydrogen-bond acceptors (Lipinski definition) is 9. The molecule has 1 aromatic heterocycles. The predicted octanol–water partition coefficient (Wildman–Crippen LogP) is 4.84. The van der Waals surface area contributed by atoms with Gasteiger partial charge in [-0.15, -0.1) is 0 Å². The number of nitrogens with zero attached hydrogens (tertiary/aromatic N) is 2. The Kier molecular flexibility index (Phi) is 11.0. The molecule has 0 fully saturated rings. The molecule has 242 valence electrons. The molecular formula is C33H36N5O7S-. The standard InChI is InChI=1S/C33H37N5O7S/c1-33(2,3)45-32(42)38(4)18-23-16-24(13-15-29(23)46(43)44)37-30(40)7-5-6-21-8-10-22(11-9-21)28(19-39)36-25-12-14-27-26(17-25)31(41)35-20-34-27/h8-17,19-20,28,36H,5-7,18H2,1-4H3,(H,37,40)(H,43,44)(H,34,35,41)/p-1. The number of amides is 2. The van der Waals surface area contributed by atoms with Crippen molar-refractivity contribution in [2.75, 3.05) is 17.7 Å². The van der Waals surface area contributed by atoms with Crippen LogP contribution in [0.1, 0.15) is 56.3 Å². The minimum atomic E-state index is -2.54. The number of nitrogens with one attached hydrogen (secondary N) is 3. The number of benzene rings is 3. The second kappa shape index (κ2) is 14.9. The molecule has 13 heteroatoms. The van der Waals surface area contributed by atoms with Gasteiger partial charge in [-0.2, -0.15) is 0 Å². The number of aldehydes is 1. The highest BCUT2D eigenvalue weighted by Gasteiger charge is 2.21. The van der Waals surface area contributed by atoms with Gasteiger partial charge in [0.2, 0.25) is 5.91 Å². The quantitative estimate of drug-likeness (QED) is 0.144. The van der Waals surface area contributed by atoms with Crippen LogP contribution < -0.4 is 16.2 Å². The third kappa shape index (κ3) is 9.31. The Morgan fingerprint density at radius 1 is 1.09 bits per heavy atom. The van der Waals surface area contributed by atoms with Crippen LogP contribution in [0.5, 0.6) is 0 Å². The van der Waals surface area contributed by atoms with E-state index in [9.17, 15) is 27.9 Å². The van der Waals surface area contributed by atoms with E-state index in [1.165, 1.54) is 36.5 Å². The SMILES string of the molecule is CN(Cc1cc(NC(=O)CCCc2ccc(C(C=O)Nc3ccc4nc[nH]c(=O)c4c3)cc2)ccc1S(=O)[O-])C(=O)OC(C)(C)C. The molecule has 12 nitrogen and oxygen atoms in total. The van der Waals surface area contributed by atoms with Crippen molar-refractivity contribution >= 4 is 51.6 Å². The number of rotatable bonds is 12. The normalized spacial score (nSPS) is 12.6. The van der Waals surface area contributed by atoms with Crippen molar-refractivity contribution in [3.05, 3.63) is 94.0 Å². The van der Waals surface area contributed by atoms with Gasteiger partial charge in [-0.1, -0.05) is 24.3 Å². The highest BCUT2D eigenvalue weighted by molar-refractivity contribution is 7.79. The summed E-state index contributed by atoms with van der Waals surface area (Å²) in [6.07, 6.45) is 2.92. The smallest absolute Gasteiger partial charge is 0.410 e. The van der Waals surface area contributed by atoms with Crippen LogP contribution in [0.3, 0.4) is 0 Å². The summed E-state index contributed by atoms with van der Waals surface area (Å²) in [5.74, 6) is -0.242. The van der Waals surface area contributed by atoms with E-state index < -0.39 is 28.8 Å². The fourth-order valence-electron chi connectivity index (χ4n) is 4.71. The van der Waals surface area contributed by atoms with Crippen LogP contribution in [0, 0.1) is 0 Å². The molecule has 2 atom stereocenters. The molecule has 3 aromatic carbocycles. The number of carbonyl (C=O) groups excluding carboxylic acids is 3. The second-order valence-corrected chi connectivity index (χ2v) is 12.7. The Bertz CT molecular complexity index is 1800. The van der Waals surface area contributed by atoms with E-state index in [-0.39, 0.29) is 29.3 Å². The van der Waals surface area contributed by atoms with Gasteiger partial charge in [0.15, 0.2) is 0 Å². The number of aromatic amines is 1. The highest BCUT2D eigenvalue weighted by Crippen LogP contribution is 2.23. The lowest BCUT2D eigenvalue weighted by atomic mass is 10.0. The third-order valence-electron chi connectivity index (χ3n) is 6.94. The molecule has 0 aliphatic rings. The van der Waals surface area contributed by atoms with Crippen LogP contribution in [0.4, 0.5) is 16.2 Å². The van der Waals surface area contributed by atoms with Crippen LogP contribution in [-0.4, -0.2) is 54.6 Å². The fourth-order valence-corrected chi connectivity index (χ4v) is 5.22. The van der Waals surface area contributed by atoms with Crippen molar-refractivity contribution < 1.29 is 27.9 Å². The van der Waals surface area contributed by atoms with Crippen molar-refractivity contribution in [2.45, 2.75) is 63.1 Å². The van der Waals surface area contributed by atoms with E-state index in [0.717, 1.165) is 17.4 Å². The van der Waals surface area contributed by atoms with E-state index in [1.54, 1.807) is 39.0 Å². The number of hydrogen-bond donors (Lipinski definition) is 3. The van der Waals surface area contributed by atoms with E-state index in [1.807, 2.05) is 24.3 Å². The maximum absolute atomic E-state index is 12.7. The third-order valence-corrected chi connectivity index (χ3v) is 7.70. The van der Waals surface area contributed by atoms with Crippen LogP contribution in [0.15, 0.2) is 76.7 Å². The van der Waals surface area contributed by atoms with Crippen molar-refractivity contribution in [1.29, 1.82) is 0 Å². The summed E-state index contributed by atoms with van der Waals surface area (Å²) in [5.41, 5.74) is 2.67. The zero-order chi connectivity index (χ0) is 33.4. The van der Waals surface area contributed by atoms with Gasteiger partial charge >= 0.3 is 6.09 Å². The van der Waals surface area contributed by atoms with Gasteiger partial charge in [-0.05, 0) is 97.8 Å². The average molecular weight is 647 g/mol. The van der Waals surface area contributed by atoms with Crippen molar-refractivity contribution in [3.63, 3.8) is 0 Å². The van der Waals surface area contributed by atoms with Crippen molar-refractivity contribution in [2.24, 2.45) is 0 Å². The molecule has 3 N–H and O–H groups in total. The van der Waals surface area contributed by atoms with Gasteiger partial charge in [0.1, 0.15) is 17.9 Å². The van der Waals surface area contributed by atoms with E-state index in [4.69, 9.17) is 4.74 Å². The Morgan fingerprint density at radius 2 is 1.80 bits per heavy atom. The first-order valence-corrected chi connectivity index (χ1v) is 15.6. The van der Waals surface area contributed by atoms with E-state index >= 15 is 0 Å². The van der Waals surface area contributed by atoms with Crippen molar-refractivity contribution in [3.8, 4) is 0 Å². The summed E-state index contributed by atoms with van der Waals surface area (Å²) in [6, 6.07) is 16.4. The van der Waals surface area contributed by atoms with E-state index in [0.29, 0.717) is 40.7 Å². The molecule has 0 bridgehead atoms. The Morgan fingerprint density at radius 3 is 2.48 bits per heavy atom. The Balaban J connectivity index is 1.31. The summed E-state index contributed by atoms with van der Waals surface area (Å²) >= 11 is -2.54. The summed E-state index contributed by atoms with van der Waals surface area (Å²) in [5, 5.41) is 6.35. The molecule has 1 heterocycles. The molecule has 0 aliphatic heterocycles. The predicted molar refractivity (Wildman–Crippen MR) is 174 cm³/mol. The van der Waals surface area contributed by atoms with Gasteiger partial charge in [0, 0.05) is 36.3 Å². The molecule has 0 aliphatic carbocycles. The summed E-state index contributed by atoms with van der Waals surface area (Å²) < 4.78 is 28.9. The molecular weight excluding hydrogens is 610 g/mol. The lowest BCUT2D eigenvalue weighted by molar-refractivity contribution is -0.116. The summed E-state index contributed by atoms with van der Waals surface area (Å²) in [7, 11) is 1.51. The second-order valence-electron chi connectivity index (χ2n) is 11.8. The number of ether oxygens (including phenoxy) is 1. The number of aromatic nitrogens is 2. The van der Waals surface area contributed by atoms with Gasteiger partial charge in [0.25, 0.3) is 5.56 Å². The fraction of sp³-hybridized carbons (Fsp3) is 0.303. The van der Waals surface area contributed by atoms with Crippen LogP contribution in [0.2, 0.25) is 0 Å². The lowest BCUT2D eigenvalue weighted by Crippen LogP contribution is -2.34. The molecule has 0 saturated heterocycles. The zero-order valence-electron chi connectivity index (χ0n) is 26.0. The van der Waals surface area contributed by atoms with E-state index in [2.05, 4.69) is 20.6 Å². The lowest BCUT2D eigenvalue weighted by Gasteiger charge is -2.25. The number of H-pyrrole nitrogens is 1. The van der Waals surface area contributed by atoms with Crippen LogP contribution in [-0.2, 0) is 38.4 Å². The largest absolute Gasteiger partial charge is 0.768 e. The van der Waals surface area contributed by atoms with Gasteiger partial charge in [-0.3, -0.25) is 13.8 Å². The minimum absolute atomic E-state index is 0.0219.